The van der Waals surface area contributed by atoms with Crippen molar-refractivity contribution in [2.24, 2.45) is 0 Å². The third kappa shape index (κ3) is 3.19. The minimum absolute atomic E-state index is 0.0435. The molecule has 1 aliphatic heterocycles. The van der Waals surface area contributed by atoms with Gasteiger partial charge in [-0.15, -0.1) is 0 Å². The first-order valence-corrected chi connectivity index (χ1v) is 7.84. The zero-order chi connectivity index (χ0) is 13.8. The summed E-state index contributed by atoms with van der Waals surface area (Å²) >= 11 is 1.45. The molecule has 2 atom stereocenters. The van der Waals surface area contributed by atoms with Crippen LogP contribution >= 0.6 is 11.8 Å². The summed E-state index contributed by atoms with van der Waals surface area (Å²) in [5.41, 5.74) is 0.774. The van der Waals surface area contributed by atoms with E-state index in [9.17, 15) is 4.79 Å². The molecular weight excluding hydrogens is 264 g/mol. The van der Waals surface area contributed by atoms with Crippen molar-refractivity contribution < 1.29 is 9.84 Å². The van der Waals surface area contributed by atoms with Crippen molar-refractivity contribution in [3.05, 3.63) is 22.1 Å². The Morgan fingerprint density at radius 2 is 2.37 bits per heavy atom. The van der Waals surface area contributed by atoms with Crippen molar-refractivity contribution in [2.45, 2.75) is 50.1 Å². The van der Waals surface area contributed by atoms with Gasteiger partial charge in [-0.05, 0) is 25.5 Å². The van der Waals surface area contributed by atoms with Gasteiger partial charge in [0.15, 0.2) is 5.16 Å². The molecule has 19 heavy (non-hydrogen) atoms. The summed E-state index contributed by atoms with van der Waals surface area (Å²) in [4.78, 5) is 15.7. The van der Waals surface area contributed by atoms with E-state index in [0.717, 1.165) is 31.4 Å². The first kappa shape index (κ1) is 14.6. The lowest BCUT2D eigenvalue weighted by Gasteiger charge is -2.22. The van der Waals surface area contributed by atoms with Gasteiger partial charge in [-0.25, -0.2) is 0 Å². The van der Waals surface area contributed by atoms with Gasteiger partial charge < -0.3 is 9.84 Å². The second-order valence-electron chi connectivity index (χ2n) is 4.67. The first-order chi connectivity index (χ1) is 9.19. The van der Waals surface area contributed by atoms with Crippen molar-refractivity contribution in [3.8, 4) is 0 Å². The molecule has 0 bridgehead atoms. The van der Waals surface area contributed by atoms with Gasteiger partial charge in [-0.1, -0.05) is 25.1 Å². The number of thioether (sulfide) groups is 1. The zero-order valence-corrected chi connectivity index (χ0v) is 12.2. The number of rotatable bonds is 5. The van der Waals surface area contributed by atoms with Crippen LogP contribution in [0.3, 0.4) is 0 Å². The maximum Gasteiger partial charge on any atom is 0.273 e. The smallest absolute Gasteiger partial charge is 0.273 e. The summed E-state index contributed by atoms with van der Waals surface area (Å²) in [6.45, 7) is 2.13. The summed E-state index contributed by atoms with van der Waals surface area (Å²) < 4.78 is 7.84. The molecule has 0 saturated carbocycles. The number of aryl methyl sites for hydroxylation is 1. The van der Waals surface area contributed by atoms with Gasteiger partial charge in [0.25, 0.3) is 5.56 Å². The van der Waals surface area contributed by atoms with Crippen LogP contribution in [0.1, 0.15) is 38.1 Å². The Kier molecular flexibility index (Phi) is 5.01. The largest absolute Gasteiger partial charge is 0.394 e. The first-order valence-electron chi connectivity index (χ1n) is 6.62. The fourth-order valence-electron chi connectivity index (χ4n) is 2.43. The Hall–Kier alpha value is -0.850. The lowest BCUT2D eigenvalue weighted by Crippen LogP contribution is -2.23. The quantitative estimate of drug-likeness (QED) is 0.657. The molecule has 0 aliphatic carbocycles. The van der Waals surface area contributed by atoms with Crippen molar-refractivity contribution in [2.75, 3.05) is 12.9 Å². The SMILES string of the molecule is CCCc1cc(=O)nc(SC)n1C1CCC(CO)O1. The van der Waals surface area contributed by atoms with Crippen molar-refractivity contribution in [1.29, 1.82) is 0 Å². The van der Waals surface area contributed by atoms with Gasteiger partial charge >= 0.3 is 0 Å². The maximum atomic E-state index is 11.6. The Labute approximate surface area is 117 Å². The molecule has 2 heterocycles. The molecule has 0 amide bonds. The highest BCUT2D eigenvalue weighted by Gasteiger charge is 2.28. The third-order valence-electron chi connectivity index (χ3n) is 3.28. The topological polar surface area (TPSA) is 64.4 Å². The predicted octanol–water partition coefficient (Wildman–Crippen LogP) is 1.59. The molecule has 5 nitrogen and oxygen atoms in total. The van der Waals surface area contributed by atoms with Crippen LogP contribution < -0.4 is 5.56 Å². The molecule has 1 aromatic heterocycles. The summed E-state index contributed by atoms with van der Waals surface area (Å²) in [6, 6.07) is 1.60. The standard InChI is InChI=1S/C13H20N2O3S/c1-3-4-9-7-11(17)14-13(19-2)15(9)12-6-5-10(8-16)18-12/h7,10,12,16H,3-6,8H2,1-2H3. The average molecular weight is 284 g/mol. The van der Waals surface area contributed by atoms with Gasteiger partial charge in [0.05, 0.1) is 12.7 Å². The fraction of sp³-hybridized carbons (Fsp3) is 0.692. The third-order valence-corrected chi connectivity index (χ3v) is 3.93. The number of aliphatic hydroxyl groups excluding tert-OH is 1. The molecule has 0 radical (unpaired) electrons. The van der Waals surface area contributed by atoms with Crippen LogP contribution in [0, 0.1) is 0 Å². The maximum absolute atomic E-state index is 11.6. The average Bonchev–Trinajstić information content (AvgIpc) is 2.86. The molecule has 6 heteroatoms. The summed E-state index contributed by atoms with van der Waals surface area (Å²) in [6.07, 6.45) is 5.17. The Bertz CT molecular complexity index is 489. The summed E-state index contributed by atoms with van der Waals surface area (Å²) in [7, 11) is 0. The van der Waals surface area contributed by atoms with Crippen LogP contribution in [0.2, 0.25) is 0 Å². The Morgan fingerprint density at radius 3 is 2.95 bits per heavy atom. The zero-order valence-electron chi connectivity index (χ0n) is 11.3. The molecule has 106 valence electrons. The highest BCUT2D eigenvalue weighted by molar-refractivity contribution is 7.98. The second-order valence-corrected chi connectivity index (χ2v) is 5.44. The number of aliphatic hydroxyl groups is 1. The van der Waals surface area contributed by atoms with E-state index in [1.807, 2.05) is 10.8 Å². The molecule has 0 aromatic carbocycles. The predicted molar refractivity (Wildman–Crippen MR) is 74.5 cm³/mol. The molecule has 1 aliphatic rings. The summed E-state index contributed by atoms with van der Waals surface area (Å²) in [5, 5.41) is 9.86. The number of hydrogen-bond donors (Lipinski definition) is 1. The van der Waals surface area contributed by atoms with E-state index < -0.39 is 0 Å². The number of hydrogen-bond acceptors (Lipinski definition) is 5. The lowest BCUT2D eigenvalue weighted by molar-refractivity contribution is -0.0286. The highest BCUT2D eigenvalue weighted by atomic mass is 32.2. The van der Waals surface area contributed by atoms with Gasteiger partial charge in [0.1, 0.15) is 6.23 Å². The molecular formula is C13H20N2O3S. The van der Waals surface area contributed by atoms with Gasteiger partial charge in [-0.3, -0.25) is 9.36 Å². The molecule has 1 aromatic rings. The van der Waals surface area contributed by atoms with Gasteiger partial charge in [0, 0.05) is 11.8 Å². The minimum Gasteiger partial charge on any atom is -0.394 e. The van der Waals surface area contributed by atoms with E-state index in [0.29, 0.717) is 5.16 Å². The van der Waals surface area contributed by atoms with Gasteiger partial charge in [-0.2, -0.15) is 4.98 Å². The molecule has 0 spiro atoms. The van der Waals surface area contributed by atoms with Crippen LogP contribution in [-0.4, -0.2) is 33.6 Å². The molecule has 1 N–H and O–H groups in total. The van der Waals surface area contributed by atoms with Crippen molar-refractivity contribution in [3.63, 3.8) is 0 Å². The summed E-state index contributed by atoms with van der Waals surface area (Å²) in [5.74, 6) is 0. The molecule has 2 rings (SSSR count). The highest BCUT2D eigenvalue weighted by Crippen LogP contribution is 2.31. The molecule has 2 unspecified atom stereocenters. The number of ether oxygens (including phenoxy) is 1. The van der Waals surface area contributed by atoms with E-state index in [1.165, 1.54) is 11.8 Å². The second kappa shape index (κ2) is 6.54. The van der Waals surface area contributed by atoms with E-state index in [-0.39, 0.29) is 24.5 Å². The van der Waals surface area contributed by atoms with Crippen LogP contribution in [0.15, 0.2) is 16.0 Å². The normalized spacial score (nSPS) is 22.9. The number of nitrogens with zero attached hydrogens (tertiary/aromatic N) is 2. The van der Waals surface area contributed by atoms with Crippen LogP contribution in [0.25, 0.3) is 0 Å². The van der Waals surface area contributed by atoms with Crippen molar-refractivity contribution in [1.82, 2.24) is 9.55 Å². The van der Waals surface area contributed by atoms with Gasteiger partial charge in [0.2, 0.25) is 0 Å². The minimum atomic E-state index is -0.194. The lowest BCUT2D eigenvalue weighted by atomic mass is 10.2. The number of aromatic nitrogens is 2. The van der Waals surface area contributed by atoms with Crippen LogP contribution in [0.5, 0.6) is 0 Å². The Balaban J connectivity index is 2.39. The van der Waals surface area contributed by atoms with E-state index in [1.54, 1.807) is 6.07 Å². The van der Waals surface area contributed by atoms with Crippen LogP contribution in [0.4, 0.5) is 0 Å². The van der Waals surface area contributed by atoms with Crippen LogP contribution in [-0.2, 0) is 11.2 Å². The molecule has 1 saturated heterocycles. The van der Waals surface area contributed by atoms with E-state index in [4.69, 9.17) is 9.84 Å². The van der Waals surface area contributed by atoms with Crippen molar-refractivity contribution >= 4 is 11.8 Å². The monoisotopic (exact) mass is 284 g/mol. The Morgan fingerprint density at radius 1 is 1.58 bits per heavy atom. The molecule has 1 fully saturated rings. The van der Waals surface area contributed by atoms with E-state index >= 15 is 0 Å². The van der Waals surface area contributed by atoms with E-state index in [2.05, 4.69) is 11.9 Å². The fourth-order valence-corrected chi connectivity index (χ4v) is 3.04.